The molecule has 0 bridgehead atoms. The van der Waals surface area contributed by atoms with E-state index in [4.69, 9.17) is 4.84 Å². The average Bonchev–Trinajstić information content (AvgIpc) is 2.60. The molecule has 0 aromatic rings. The van der Waals surface area contributed by atoms with Gasteiger partial charge in [-0.3, -0.25) is 19.3 Å². The third-order valence-electron chi connectivity index (χ3n) is 5.40. The summed E-state index contributed by atoms with van der Waals surface area (Å²) in [5.41, 5.74) is 0. The number of amides is 2. The van der Waals surface area contributed by atoms with Crippen LogP contribution in [0.4, 0.5) is 0 Å². The van der Waals surface area contributed by atoms with Gasteiger partial charge in [0.15, 0.2) is 6.10 Å². The minimum atomic E-state index is -0.381. The van der Waals surface area contributed by atoms with Crippen LogP contribution < -0.4 is 5.32 Å². The third kappa shape index (κ3) is 5.65. The number of nitrogens with zero attached hydrogens (tertiary/aromatic N) is 3. The van der Waals surface area contributed by atoms with E-state index in [1.54, 1.807) is 7.05 Å². The van der Waals surface area contributed by atoms with Crippen molar-refractivity contribution in [1.29, 1.82) is 0 Å². The fourth-order valence-electron chi connectivity index (χ4n) is 4.18. The van der Waals surface area contributed by atoms with E-state index in [1.165, 1.54) is 0 Å². The monoisotopic (exact) mass is 382 g/mol. The average molecular weight is 383 g/mol. The number of carbonyl (C=O) groups is 2. The lowest BCUT2D eigenvalue weighted by molar-refractivity contribution is -0.290. The highest BCUT2D eigenvalue weighted by molar-refractivity contribution is 5.82. The van der Waals surface area contributed by atoms with Crippen LogP contribution in [0.5, 0.6) is 0 Å². The number of piperazine rings is 1. The largest absolute Gasteiger partial charge is 0.359 e. The van der Waals surface area contributed by atoms with Gasteiger partial charge in [-0.25, -0.2) is 0 Å². The Kier molecular flexibility index (Phi) is 8.06. The molecule has 2 saturated heterocycles. The lowest BCUT2D eigenvalue weighted by Crippen LogP contribution is -2.71. The summed E-state index contributed by atoms with van der Waals surface area (Å²) in [5, 5.41) is 4.67. The molecule has 1 unspecified atom stereocenters. The summed E-state index contributed by atoms with van der Waals surface area (Å²) in [5.74, 6) is 1.10. The van der Waals surface area contributed by atoms with Gasteiger partial charge in [0, 0.05) is 45.7 Å². The summed E-state index contributed by atoms with van der Waals surface area (Å²) in [6.07, 6.45) is 1.73. The molecule has 0 aliphatic carbocycles. The Labute approximate surface area is 164 Å². The van der Waals surface area contributed by atoms with Gasteiger partial charge >= 0.3 is 0 Å². The van der Waals surface area contributed by atoms with Crippen LogP contribution in [0.2, 0.25) is 0 Å². The predicted molar refractivity (Wildman–Crippen MR) is 106 cm³/mol. The zero-order chi connectivity index (χ0) is 20.1. The van der Waals surface area contributed by atoms with E-state index in [-0.39, 0.29) is 30.1 Å². The number of likely N-dealkylation sites (N-methyl/N-ethyl adjacent to an activating group) is 1. The SMILES string of the molecule is CCN1O[C@H](CC(C)C)C(=O)N2C1CN(CCC(=O)NC)C[C@@H]2CC(C)C. The maximum absolute atomic E-state index is 13.3. The van der Waals surface area contributed by atoms with Crippen molar-refractivity contribution >= 4 is 11.8 Å². The molecule has 2 rings (SSSR count). The van der Waals surface area contributed by atoms with Crippen molar-refractivity contribution in [2.75, 3.05) is 33.2 Å². The number of nitrogens with one attached hydrogen (secondary N) is 1. The zero-order valence-corrected chi connectivity index (χ0v) is 17.9. The van der Waals surface area contributed by atoms with Crippen LogP contribution in [-0.4, -0.2) is 78.2 Å². The summed E-state index contributed by atoms with van der Waals surface area (Å²) in [6, 6.07) is 0.161. The molecule has 0 aromatic carbocycles. The van der Waals surface area contributed by atoms with Gasteiger partial charge in [-0.15, -0.1) is 0 Å². The van der Waals surface area contributed by atoms with Crippen molar-refractivity contribution in [3.63, 3.8) is 0 Å². The van der Waals surface area contributed by atoms with Crippen molar-refractivity contribution in [2.45, 2.75) is 72.2 Å². The Bertz CT molecular complexity index is 511. The third-order valence-corrected chi connectivity index (χ3v) is 5.40. The molecule has 2 amide bonds. The molecule has 27 heavy (non-hydrogen) atoms. The fraction of sp³-hybridized carbons (Fsp3) is 0.900. The molecule has 0 radical (unpaired) electrons. The molecule has 156 valence electrons. The number of carbonyl (C=O) groups excluding carboxylic acids is 2. The first-order chi connectivity index (χ1) is 12.8. The summed E-state index contributed by atoms with van der Waals surface area (Å²) in [7, 11) is 1.67. The van der Waals surface area contributed by atoms with E-state index >= 15 is 0 Å². The molecule has 3 atom stereocenters. The topological polar surface area (TPSA) is 65.1 Å². The molecule has 2 fully saturated rings. The van der Waals surface area contributed by atoms with Gasteiger partial charge < -0.3 is 10.2 Å². The van der Waals surface area contributed by atoms with Crippen molar-refractivity contribution in [2.24, 2.45) is 11.8 Å². The Hall–Kier alpha value is -1.18. The fourth-order valence-corrected chi connectivity index (χ4v) is 4.18. The molecule has 1 N–H and O–H groups in total. The van der Waals surface area contributed by atoms with Gasteiger partial charge in [-0.1, -0.05) is 27.7 Å². The maximum atomic E-state index is 13.3. The van der Waals surface area contributed by atoms with E-state index < -0.39 is 0 Å². The van der Waals surface area contributed by atoms with Crippen molar-refractivity contribution in [3.8, 4) is 0 Å². The van der Waals surface area contributed by atoms with Gasteiger partial charge in [0.25, 0.3) is 5.91 Å². The van der Waals surface area contributed by atoms with Crippen LogP contribution in [-0.2, 0) is 14.4 Å². The lowest BCUT2D eigenvalue weighted by atomic mass is 9.96. The summed E-state index contributed by atoms with van der Waals surface area (Å²) in [6.45, 7) is 13.7. The van der Waals surface area contributed by atoms with Crippen LogP contribution >= 0.6 is 0 Å². The Morgan fingerprint density at radius 2 is 1.85 bits per heavy atom. The summed E-state index contributed by atoms with van der Waals surface area (Å²) < 4.78 is 0. The minimum absolute atomic E-state index is 0.0538. The number of fused-ring (bicyclic) bond motifs is 1. The van der Waals surface area contributed by atoms with Gasteiger partial charge in [-0.2, -0.15) is 5.06 Å². The maximum Gasteiger partial charge on any atom is 0.255 e. The number of hydroxylamine groups is 2. The smallest absolute Gasteiger partial charge is 0.255 e. The van der Waals surface area contributed by atoms with Gasteiger partial charge in [-0.05, 0) is 31.6 Å². The molecular formula is C20H38N4O3. The second kappa shape index (κ2) is 9.85. The molecule has 7 heteroatoms. The van der Waals surface area contributed by atoms with E-state index in [2.05, 4.69) is 49.7 Å². The Morgan fingerprint density at radius 1 is 1.19 bits per heavy atom. The Morgan fingerprint density at radius 3 is 2.41 bits per heavy atom. The van der Waals surface area contributed by atoms with Crippen molar-refractivity contribution < 1.29 is 14.4 Å². The second-order valence-electron chi connectivity index (χ2n) is 8.65. The highest BCUT2D eigenvalue weighted by Crippen LogP contribution is 2.30. The second-order valence-corrected chi connectivity index (χ2v) is 8.65. The van der Waals surface area contributed by atoms with E-state index in [0.29, 0.717) is 24.8 Å². The molecule has 7 nitrogen and oxygen atoms in total. The van der Waals surface area contributed by atoms with E-state index in [9.17, 15) is 9.59 Å². The molecule has 0 spiro atoms. The molecule has 0 aromatic heterocycles. The van der Waals surface area contributed by atoms with Gasteiger partial charge in [0.05, 0.1) is 0 Å². The van der Waals surface area contributed by atoms with E-state index in [1.807, 2.05) is 5.06 Å². The van der Waals surface area contributed by atoms with Crippen LogP contribution in [0, 0.1) is 11.8 Å². The van der Waals surface area contributed by atoms with Crippen LogP contribution in [0.3, 0.4) is 0 Å². The Balaban J connectivity index is 2.20. The highest BCUT2D eigenvalue weighted by atomic mass is 16.7. The van der Waals surface area contributed by atoms with E-state index in [0.717, 1.165) is 32.5 Å². The first-order valence-electron chi connectivity index (χ1n) is 10.4. The summed E-state index contributed by atoms with van der Waals surface area (Å²) >= 11 is 0. The highest BCUT2D eigenvalue weighted by Gasteiger charge is 2.47. The minimum Gasteiger partial charge on any atom is -0.359 e. The quantitative estimate of drug-likeness (QED) is 0.692. The normalized spacial score (nSPS) is 27.3. The molecule has 2 aliphatic heterocycles. The number of rotatable bonds is 8. The van der Waals surface area contributed by atoms with Crippen LogP contribution in [0.1, 0.15) is 53.9 Å². The molecule has 2 aliphatic rings. The molecule has 2 heterocycles. The molecule has 0 saturated carbocycles. The number of hydrogen-bond donors (Lipinski definition) is 1. The first kappa shape index (κ1) is 22.1. The number of hydrogen-bond acceptors (Lipinski definition) is 5. The zero-order valence-electron chi connectivity index (χ0n) is 17.9. The molecular weight excluding hydrogens is 344 g/mol. The predicted octanol–water partition coefficient (Wildman–Crippen LogP) is 1.69. The van der Waals surface area contributed by atoms with Crippen molar-refractivity contribution in [3.05, 3.63) is 0 Å². The van der Waals surface area contributed by atoms with Crippen molar-refractivity contribution in [1.82, 2.24) is 20.2 Å². The van der Waals surface area contributed by atoms with Gasteiger partial charge in [0.2, 0.25) is 5.91 Å². The van der Waals surface area contributed by atoms with Gasteiger partial charge in [0.1, 0.15) is 6.17 Å². The lowest BCUT2D eigenvalue weighted by Gasteiger charge is -2.54. The first-order valence-corrected chi connectivity index (χ1v) is 10.4. The van der Waals surface area contributed by atoms with Crippen LogP contribution in [0.15, 0.2) is 0 Å². The standard InChI is InChI=1S/C20H38N4O3/c1-7-23-19-13-22(9-8-18(25)21-6)12-16(10-14(2)3)24(19)20(26)17(27-23)11-15(4)5/h14-17,19H,7-13H2,1-6H3,(H,21,25)/t16-,17+,19?/m0/s1. The summed E-state index contributed by atoms with van der Waals surface area (Å²) in [4.78, 5) is 35.5. The van der Waals surface area contributed by atoms with Crippen LogP contribution in [0.25, 0.3) is 0 Å².